The maximum absolute atomic E-state index is 12.0. The molecule has 0 radical (unpaired) electrons. The van der Waals surface area contributed by atoms with Gasteiger partial charge in [-0.05, 0) is 18.6 Å². The van der Waals surface area contributed by atoms with E-state index in [2.05, 4.69) is 16.7 Å². The van der Waals surface area contributed by atoms with Crippen molar-refractivity contribution >= 4 is 23.4 Å². The SMILES string of the molecule is Cc1cccc(NC(=O)CC2CSCCN2)c1C#N. The number of anilines is 1. The highest BCUT2D eigenvalue weighted by molar-refractivity contribution is 7.99. The number of carbonyl (C=O) groups excluding carboxylic acids is 1. The molecule has 1 atom stereocenters. The largest absolute Gasteiger partial charge is 0.325 e. The Morgan fingerprint density at radius 1 is 1.63 bits per heavy atom. The predicted molar refractivity (Wildman–Crippen MR) is 78.3 cm³/mol. The van der Waals surface area contributed by atoms with Crippen molar-refractivity contribution in [1.82, 2.24) is 5.32 Å². The zero-order valence-corrected chi connectivity index (χ0v) is 11.7. The standard InChI is InChI=1S/C14H17N3OS/c1-10-3-2-4-13(12(10)8-15)17-14(18)7-11-9-19-6-5-16-11/h2-4,11,16H,5-7,9H2,1H3,(H,17,18). The fourth-order valence-electron chi connectivity index (χ4n) is 2.10. The second-order valence-corrected chi connectivity index (χ2v) is 5.74. The maximum Gasteiger partial charge on any atom is 0.226 e. The number of carbonyl (C=O) groups is 1. The Labute approximate surface area is 117 Å². The van der Waals surface area contributed by atoms with Gasteiger partial charge in [0.05, 0.1) is 11.3 Å². The van der Waals surface area contributed by atoms with Crippen LogP contribution in [0.4, 0.5) is 5.69 Å². The molecule has 1 aromatic rings. The van der Waals surface area contributed by atoms with Gasteiger partial charge in [0, 0.05) is 30.5 Å². The Bertz CT molecular complexity index is 504. The van der Waals surface area contributed by atoms with Crippen LogP contribution in [0, 0.1) is 18.3 Å². The summed E-state index contributed by atoms with van der Waals surface area (Å²) in [4.78, 5) is 12.0. The van der Waals surface area contributed by atoms with Crippen molar-refractivity contribution in [3.63, 3.8) is 0 Å². The van der Waals surface area contributed by atoms with Crippen LogP contribution >= 0.6 is 11.8 Å². The van der Waals surface area contributed by atoms with Gasteiger partial charge in [-0.1, -0.05) is 12.1 Å². The van der Waals surface area contributed by atoms with Gasteiger partial charge in [-0.2, -0.15) is 17.0 Å². The van der Waals surface area contributed by atoms with E-state index in [0.29, 0.717) is 17.7 Å². The van der Waals surface area contributed by atoms with E-state index in [1.54, 1.807) is 6.07 Å². The van der Waals surface area contributed by atoms with Crippen LogP contribution in [0.25, 0.3) is 0 Å². The zero-order chi connectivity index (χ0) is 13.7. The first kappa shape index (κ1) is 13.9. The highest BCUT2D eigenvalue weighted by Gasteiger charge is 2.17. The summed E-state index contributed by atoms with van der Waals surface area (Å²) < 4.78 is 0. The van der Waals surface area contributed by atoms with Crippen LogP contribution < -0.4 is 10.6 Å². The minimum Gasteiger partial charge on any atom is -0.325 e. The summed E-state index contributed by atoms with van der Waals surface area (Å²) in [6.07, 6.45) is 0.450. The molecule has 2 rings (SSSR count). The average molecular weight is 275 g/mol. The van der Waals surface area contributed by atoms with Gasteiger partial charge in [0.15, 0.2) is 0 Å². The number of aryl methyl sites for hydroxylation is 1. The lowest BCUT2D eigenvalue weighted by Crippen LogP contribution is -2.39. The van der Waals surface area contributed by atoms with E-state index in [0.717, 1.165) is 23.6 Å². The number of thioether (sulfide) groups is 1. The van der Waals surface area contributed by atoms with Crippen molar-refractivity contribution in [3.05, 3.63) is 29.3 Å². The molecule has 0 aliphatic carbocycles. The van der Waals surface area contributed by atoms with Gasteiger partial charge in [-0.15, -0.1) is 0 Å². The van der Waals surface area contributed by atoms with Crippen LogP contribution in [0.1, 0.15) is 17.5 Å². The van der Waals surface area contributed by atoms with E-state index in [1.807, 2.05) is 30.8 Å². The first-order valence-electron chi connectivity index (χ1n) is 6.31. The van der Waals surface area contributed by atoms with E-state index in [1.165, 1.54) is 0 Å². The van der Waals surface area contributed by atoms with Crippen LogP contribution in [0.15, 0.2) is 18.2 Å². The topological polar surface area (TPSA) is 64.9 Å². The van der Waals surface area contributed by atoms with Crippen molar-refractivity contribution in [2.75, 3.05) is 23.4 Å². The molecule has 0 aromatic heterocycles. The van der Waals surface area contributed by atoms with E-state index in [4.69, 9.17) is 5.26 Å². The Morgan fingerprint density at radius 2 is 2.47 bits per heavy atom. The summed E-state index contributed by atoms with van der Waals surface area (Å²) in [6, 6.07) is 7.86. The number of nitrogens with one attached hydrogen (secondary N) is 2. The minimum absolute atomic E-state index is 0.0397. The molecular formula is C14H17N3OS. The summed E-state index contributed by atoms with van der Waals surface area (Å²) in [7, 11) is 0. The Balaban J connectivity index is 1.99. The van der Waals surface area contributed by atoms with Gasteiger partial charge in [0.1, 0.15) is 6.07 Å². The third-order valence-electron chi connectivity index (χ3n) is 3.09. The highest BCUT2D eigenvalue weighted by atomic mass is 32.2. The predicted octanol–water partition coefficient (Wildman–Crippen LogP) is 1.90. The lowest BCUT2D eigenvalue weighted by atomic mass is 10.1. The molecule has 1 amide bonds. The highest BCUT2D eigenvalue weighted by Crippen LogP contribution is 2.19. The summed E-state index contributed by atoms with van der Waals surface area (Å²) in [5, 5.41) is 15.3. The number of amides is 1. The molecule has 19 heavy (non-hydrogen) atoms. The first-order chi connectivity index (χ1) is 9.20. The molecule has 0 saturated carbocycles. The van der Waals surface area contributed by atoms with Gasteiger partial charge in [-0.25, -0.2) is 0 Å². The summed E-state index contributed by atoms with van der Waals surface area (Å²) in [6.45, 7) is 2.82. The van der Waals surface area contributed by atoms with Crippen LogP contribution in [0.5, 0.6) is 0 Å². The number of nitriles is 1. The molecule has 4 nitrogen and oxygen atoms in total. The average Bonchev–Trinajstić information content (AvgIpc) is 2.40. The van der Waals surface area contributed by atoms with E-state index in [-0.39, 0.29) is 11.9 Å². The normalized spacial score (nSPS) is 18.6. The van der Waals surface area contributed by atoms with Gasteiger partial charge in [0.2, 0.25) is 5.91 Å². The van der Waals surface area contributed by atoms with Crippen LogP contribution in [-0.2, 0) is 4.79 Å². The van der Waals surface area contributed by atoms with Crippen molar-refractivity contribution in [1.29, 1.82) is 5.26 Å². The number of rotatable bonds is 3. The summed E-state index contributed by atoms with van der Waals surface area (Å²) in [5.74, 6) is 2.03. The smallest absolute Gasteiger partial charge is 0.226 e. The summed E-state index contributed by atoms with van der Waals surface area (Å²) in [5.41, 5.74) is 2.03. The molecule has 1 fully saturated rings. The monoisotopic (exact) mass is 275 g/mol. The van der Waals surface area contributed by atoms with Gasteiger partial charge in [-0.3, -0.25) is 4.79 Å². The van der Waals surface area contributed by atoms with Crippen molar-refractivity contribution < 1.29 is 4.79 Å². The van der Waals surface area contributed by atoms with Gasteiger partial charge >= 0.3 is 0 Å². The first-order valence-corrected chi connectivity index (χ1v) is 7.47. The fraction of sp³-hybridized carbons (Fsp3) is 0.429. The van der Waals surface area contributed by atoms with Crippen molar-refractivity contribution in [2.45, 2.75) is 19.4 Å². The molecule has 2 N–H and O–H groups in total. The van der Waals surface area contributed by atoms with E-state index < -0.39 is 0 Å². The molecule has 0 bridgehead atoms. The second kappa shape index (κ2) is 6.60. The molecule has 100 valence electrons. The number of hydrogen-bond donors (Lipinski definition) is 2. The van der Waals surface area contributed by atoms with E-state index >= 15 is 0 Å². The minimum atomic E-state index is -0.0397. The van der Waals surface area contributed by atoms with Crippen LogP contribution in [-0.4, -0.2) is 30.0 Å². The van der Waals surface area contributed by atoms with Crippen LogP contribution in [0.3, 0.4) is 0 Å². The second-order valence-electron chi connectivity index (χ2n) is 4.59. The molecule has 1 aromatic carbocycles. The molecular weight excluding hydrogens is 258 g/mol. The molecule has 5 heteroatoms. The molecule has 0 spiro atoms. The van der Waals surface area contributed by atoms with Crippen LogP contribution in [0.2, 0.25) is 0 Å². The number of hydrogen-bond acceptors (Lipinski definition) is 4. The molecule has 1 heterocycles. The maximum atomic E-state index is 12.0. The Morgan fingerprint density at radius 3 is 3.16 bits per heavy atom. The third-order valence-corrected chi connectivity index (χ3v) is 4.22. The molecule has 1 aliphatic rings. The molecule has 1 aliphatic heterocycles. The van der Waals surface area contributed by atoms with Crippen molar-refractivity contribution in [3.8, 4) is 6.07 Å². The number of nitrogens with zero attached hydrogens (tertiary/aromatic N) is 1. The van der Waals surface area contributed by atoms with Gasteiger partial charge < -0.3 is 10.6 Å². The Hall–Kier alpha value is -1.51. The van der Waals surface area contributed by atoms with E-state index in [9.17, 15) is 4.79 Å². The van der Waals surface area contributed by atoms with Crippen molar-refractivity contribution in [2.24, 2.45) is 0 Å². The lowest BCUT2D eigenvalue weighted by Gasteiger charge is -2.22. The third kappa shape index (κ3) is 3.72. The lowest BCUT2D eigenvalue weighted by molar-refractivity contribution is -0.116. The van der Waals surface area contributed by atoms with Gasteiger partial charge in [0.25, 0.3) is 0 Å². The zero-order valence-electron chi connectivity index (χ0n) is 10.9. The molecule has 1 unspecified atom stereocenters. The summed E-state index contributed by atoms with van der Waals surface area (Å²) >= 11 is 1.87. The quantitative estimate of drug-likeness (QED) is 0.884. The molecule has 1 saturated heterocycles. The fourth-order valence-corrected chi connectivity index (χ4v) is 3.05. The number of benzene rings is 1. The Kier molecular flexibility index (Phi) is 4.83.